The fraction of sp³-hybridized carbons (Fsp3) is 0. The summed E-state index contributed by atoms with van der Waals surface area (Å²) in [6, 6.07) is 13.2. The number of nitrogens with one attached hydrogen (secondary N) is 6. The Morgan fingerprint density at radius 2 is 1.23 bits per heavy atom. The molecule has 0 heterocycles. The minimum atomic E-state index is -1.21. The Kier molecular flexibility index (Phi) is 6.89. The van der Waals surface area contributed by atoms with E-state index in [1.54, 1.807) is 48.5 Å². The predicted octanol–water partition coefficient (Wildman–Crippen LogP) is 3.55. The van der Waals surface area contributed by atoms with Gasteiger partial charge in [0.25, 0.3) is 0 Å². The van der Waals surface area contributed by atoms with E-state index in [9.17, 15) is 4.79 Å². The molecule has 9 nitrogen and oxygen atoms in total. The van der Waals surface area contributed by atoms with Crippen LogP contribution in [-0.2, 0) is 9.68 Å². The van der Waals surface area contributed by atoms with Gasteiger partial charge >= 0.3 is 6.16 Å². The number of hydroxylamine groups is 2. The summed E-state index contributed by atoms with van der Waals surface area (Å²) in [4.78, 5) is 20.4. The zero-order chi connectivity index (χ0) is 18.9. The summed E-state index contributed by atoms with van der Waals surface area (Å²) in [5, 5.41) is 21.4. The van der Waals surface area contributed by atoms with Gasteiger partial charge in [-0.25, -0.2) is 0 Å². The van der Waals surface area contributed by atoms with Crippen molar-refractivity contribution in [1.29, 1.82) is 10.8 Å². The van der Waals surface area contributed by atoms with E-state index in [0.29, 0.717) is 21.4 Å². The molecule has 2 aromatic rings. The summed E-state index contributed by atoms with van der Waals surface area (Å²) in [5.74, 6) is -0.646. The first-order valence-corrected chi connectivity index (χ1v) is 7.80. The van der Waals surface area contributed by atoms with Crippen LogP contribution in [0, 0.1) is 10.8 Å². The first-order chi connectivity index (χ1) is 12.4. The number of rotatable bonds is 2. The van der Waals surface area contributed by atoms with Crippen molar-refractivity contribution in [2.24, 2.45) is 0 Å². The van der Waals surface area contributed by atoms with Crippen LogP contribution in [0.1, 0.15) is 0 Å². The average Bonchev–Trinajstić information content (AvgIpc) is 2.58. The van der Waals surface area contributed by atoms with Gasteiger partial charge in [-0.3, -0.25) is 10.8 Å². The molecule has 6 N–H and O–H groups in total. The number of hydrogen-bond acceptors (Lipinski definition) is 5. The summed E-state index contributed by atoms with van der Waals surface area (Å²) in [6.07, 6.45) is -1.21. The molecule has 0 fully saturated rings. The first kappa shape index (κ1) is 19.2. The number of halogens is 2. The van der Waals surface area contributed by atoms with Gasteiger partial charge in [-0.2, -0.15) is 15.8 Å². The fourth-order valence-corrected chi connectivity index (χ4v) is 2.06. The van der Waals surface area contributed by atoms with E-state index in [1.807, 2.05) is 11.0 Å². The van der Waals surface area contributed by atoms with Gasteiger partial charge in [-0.05, 0) is 36.4 Å². The van der Waals surface area contributed by atoms with Gasteiger partial charge in [0.2, 0.25) is 11.9 Å². The number of benzene rings is 2. The van der Waals surface area contributed by atoms with Crippen LogP contribution in [0.2, 0.25) is 10.0 Å². The SMILES string of the molecule is N=C(NOC(=O)ONC(=N)Nc1cccc(Cl)c1)Nc1cccc(Cl)c1. The molecular formula is C15H14Cl2N6O3. The molecule has 0 aromatic heterocycles. The monoisotopic (exact) mass is 396 g/mol. The van der Waals surface area contributed by atoms with E-state index in [4.69, 9.17) is 34.0 Å². The van der Waals surface area contributed by atoms with Crippen molar-refractivity contribution in [2.45, 2.75) is 0 Å². The van der Waals surface area contributed by atoms with E-state index in [1.165, 1.54) is 0 Å². The fourth-order valence-electron chi connectivity index (χ4n) is 1.68. The molecular weight excluding hydrogens is 383 g/mol. The summed E-state index contributed by atoms with van der Waals surface area (Å²) < 4.78 is 0. The minimum Gasteiger partial charge on any atom is -0.324 e. The molecule has 26 heavy (non-hydrogen) atoms. The Hall–Kier alpha value is -3.17. The van der Waals surface area contributed by atoms with Crippen molar-refractivity contribution in [1.82, 2.24) is 11.0 Å². The number of guanidine groups is 2. The maximum atomic E-state index is 11.4. The van der Waals surface area contributed by atoms with Crippen molar-refractivity contribution in [3.8, 4) is 0 Å². The van der Waals surface area contributed by atoms with Gasteiger partial charge in [0.1, 0.15) is 0 Å². The molecule has 0 radical (unpaired) electrons. The van der Waals surface area contributed by atoms with Crippen molar-refractivity contribution < 1.29 is 14.5 Å². The maximum Gasteiger partial charge on any atom is 0.558 e. The van der Waals surface area contributed by atoms with Crippen LogP contribution in [-0.4, -0.2) is 18.1 Å². The molecule has 0 bridgehead atoms. The molecule has 0 aliphatic rings. The lowest BCUT2D eigenvalue weighted by Gasteiger charge is -2.12. The van der Waals surface area contributed by atoms with Crippen molar-refractivity contribution >= 4 is 52.7 Å². The molecule has 0 amide bonds. The molecule has 11 heteroatoms. The lowest BCUT2D eigenvalue weighted by molar-refractivity contribution is 0.0180. The number of carbonyl (C=O) groups excluding carboxylic acids is 1. The van der Waals surface area contributed by atoms with Crippen LogP contribution in [0.4, 0.5) is 16.2 Å². The van der Waals surface area contributed by atoms with E-state index < -0.39 is 6.16 Å². The largest absolute Gasteiger partial charge is 0.558 e. The Labute approximate surface area is 158 Å². The van der Waals surface area contributed by atoms with Crippen LogP contribution >= 0.6 is 23.2 Å². The predicted molar refractivity (Wildman–Crippen MR) is 99.4 cm³/mol. The highest BCUT2D eigenvalue weighted by Gasteiger charge is 2.08. The van der Waals surface area contributed by atoms with Gasteiger partial charge in [0.05, 0.1) is 0 Å². The van der Waals surface area contributed by atoms with Gasteiger partial charge in [-0.1, -0.05) is 35.3 Å². The zero-order valence-corrected chi connectivity index (χ0v) is 14.6. The zero-order valence-electron chi connectivity index (χ0n) is 13.1. The third kappa shape index (κ3) is 6.75. The van der Waals surface area contributed by atoms with Gasteiger partial charge in [0, 0.05) is 21.4 Å². The molecule has 2 aromatic carbocycles. The molecule has 0 aliphatic carbocycles. The average molecular weight is 397 g/mol. The summed E-state index contributed by atoms with van der Waals surface area (Å²) in [7, 11) is 0. The molecule has 0 aliphatic heterocycles. The topological polar surface area (TPSA) is 131 Å². The van der Waals surface area contributed by atoms with E-state index in [-0.39, 0.29) is 11.9 Å². The molecule has 136 valence electrons. The Morgan fingerprint density at radius 1 is 0.808 bits per heavy atom. The second kappa shape index (κ2) is 9.35. The lowest BCUT2D eigenvalue weighted by Crippen LogP contribution is -2.36. The van der Waals surface area contributed by atoms with E-state index in [2.05, 4.69) is 20.3 Å². The second-order valence-corrected chi connectivity index (χ2v) is 5.55. The third-order valence-electron chi connectivity index (χ3n) is 2.66. The van der Waals surface area contributed by atoms with Crippen molar-refractivity contribution in [3.05, 3.63) is 58.6 Å². The molecule has 0 saturated heterocycles. The van der Waals surface area contributed by atoms with Crippen LogP contribution in [0.5, 0.6) is 0 Å². The van der Waals surface area contributed by atoms with Gasteiger partial charge in [0.15, 0.2) is 0 Å². The summed E-state index contributed by atoms with van der Waals surface area (Å²) in [5.41, 5.74) is 5.13. The Bertz CT molecular complexity index is 752. The number of anilines is 2. The first-order valence-electron chi connectivity index (χ1n) is 7.04. The maximum absolute atomic E-state index is 11.4. The summed E-state index contributed by atoms with van der Waals surface area (Å²) in [6.45, 7) is 0. The third-order valence-corrected chi connectivity index (χ3v) is 3.13. The molecule has 2 rings (SSSR count). The minimum absolute atomic E-state index is 0.323. The lowest BCUT2D eigenvalue weighted by atomic mass is 10.3. The summed E-state index contributed by atoms with van der Waals surface area (Å²) >= 11 is 11.6. The molecule has 0 saturated carbocycles. The standard InChI is InChI=1S/C15H14Cl2N6O3/c16-9-3-1-5-11(7-9)20-13(18)22-25-15(24)26-23-14(19)21-12-6-2-4-10(17)8-12/h1-8H,(H3,18,20,22)(H3,19,21,23). The highest BCUT2D eigenvalue weighted by molar-refractivity contribution is 6.31. The van der Waals surface area contributed by atoms with Crippen molar-refractivity contribution in [3.63, 3.8) is 0 Å². The normalized spacial score (nSPS) is 9.62. The van der Waals surface area contributed by atoms with Crippen LogP contribution < -0.4 is 21.6 Å². The highest BCUT2D eigenvalue weighted by atomic mass is 35.5. The Balaban J connectivity index is 1.68. The van der Waals surface area contributed by atoms with Crippen LogP contribution in [0.3, 0.4) is 0 Å². The Morgan fingerprint density at radius 3 is 1.62 bits per heavy atom. The van der Waals surface area contributed by atoms with Crippen molar-refractivity contribution in [2.75, 3.05) is 10.6 Å². The van der Waals surface area contributed by atoms with E-state index >= 15 is 0 Å². The second-order valence-electron chi connectivity index (χ2n) is 4.68. The number of hydrogen-bond donors (Lipinski definition) is 6. The van der Waals surface area contributed by atoms with Gasteiger partial charge < -0.3 is 20.3 Å². The quantitative estimate of drug-likeness (QED) is 0.260. The molecule has 0 atom stereocenters. The molecule has 0 spiro atoms. The van der Waals surface area contributed by atoms with Crippen LogP contribution in [0.15, 0.2) is 48.5 Å². The number of carbonyl (C=O) groups is 1. The highest BCUT2D eigenvalue weighted by Crippen LogP contribution is 2.15. The smallest absolute Gasteiger partial charge is 0.324 e. The van der Waals surface area contributed by atoms with Gasteiger partial charge in [-0.15, -0.1) is 0 Å². The van der Waals surface area contributed by atoms with Crippen LogP contribution in [0.25, 0.3) is 0 Å². The van der Waals surface area contributed by atoms with E-state index in [0.717, 1.165) is 0 Å². The molecule has 0 unspecified atom stereocenters.